The van der Waals surface area contributed by atoms with Gasteiger partial charge in [-0.2, -0.15) is 0 Å². The van der Waals surface area contributed by atoms with Crippen LogP contribution in [0.1, 0.15) is 6.92 Å². The van der Waals surface area contributed by atoms with Crippen LogP contribution >= 0.6 is 0 Å². The van der Waals surface area contributed by atoms with E-state index in [1.165, 1.54) is 7.05 Å². The quantitative estimate of drug-likeness (QED) is 0.459. The van der Waals surface area contributed by atoms with Crippen molar-refractivity contribution < 1.29 is 0 Å². The smallest absolute Gasteiger partial charge is 0.0353 e. The minimum atomic E-state index is 0.833. The van der Waals surface area contributed by atoms with Crippen LogP contribution in [0.3, 0.4) is 0 Å². The van der Waals surface area contributed by atoms with Crippen LogP contribution in [0.2, 0.25) is 0 Å². The molecule has 0 heterocycles. The van der Waals surface area contributed by atoms with Gasteiger partial charge in [-0.3, -0.25) is 0 Å². The molecule has 0 spiro atoms. The van der Waals surface area contributed by atoms with Gasteiger partial charge in [-0.25, -0.2) is 0 Å². The van der Waals surface area contributed by atoms with Crippen molar-refractivity contribution in [3.05, 3.63) is 0 Å². The Morgan fingerprint density at radius 3 is 1.83 bits per heavy atom. The largest absolute Gasteiger partial charge is 0.333 e. The van der Waals surface area contributed by atoms with Gasteiger partial charge in [0.1, 0.15) is 0 Å². The standard InChI is InChI=1S/C3H7N.CH5N/c1-3-4-2;1-2/h2-3H2,1H3;2H2,1H3. The Kier molecular flexibility index (Phi) is 35.1. The van der Waals surface area contributed by atoms with Crippen LogP contribution in [0, 0.1) is 0 Å². The highest BCUT2D eigenvalue weighted by atomic mass is 14.6. The summed E-state index contributed by atoms with van der Waals surface area (Å²) in [5, 5.41) is 0. The van der Waals surface area contributed by atoms with Gasteiger partial charge in [0, 0.05) is 6.54 Å². The minimum absolute atomic E-state index is 0.833. The van der Waals surface area contributed by atoms with Gasteiger partial charge in [-0.05, 0) is 20.7 Å². The van der Waals surface area contributed by atoms with E-state index in [0.29, 0.717) is 0 Å². The number of aliphatic imine (C=N–C) groups is 1. The fraction of sp³-hybridized carbons (Fsp3) is 0.750. The SMILES string of the molecule is C=NCC.CN. The molecule has 0 bridgehead atoms. The lowest BCUT2D eigenvalue weighted by molar-refractivity contribution is 1.15. The number of rotatable bonds is 1. The molecule has 0 saturated heterocycles. The molecule has 0 aromatic heterocycles. The predicted octanol–water partition coefficient (Wildman–Crippen LogP) is 0.282. The van der Waals surface area contributed by atoms with Crippen molar-refractivity contribution in [2.45, 2.75) is 6.92 Å². The summed E-state index contributed by atoms with van der Waals surface area (Å²) in [5.41, 5.74) is 4.50. The van der Waals surface area contributed by atoms with Crippen LogP contribution < -0.4 is 5.73 Å². The highest BCUT2D eigenvalue weighted by molar-refractivity contribution is 5.22. The Labute approximate surface area is 39.1 Å². The minimum Gasteiger partial charge on any atom is -0.333 e. The van der Waals surface area contributed by atoms with Gasteiger partial charge in [0.2, 0.25) is 0 Å². The molecule has 2 nitrogen and oxygen atoms in total. The second-order valence-corrected chi connectivity index (χ2v) is 0.540. The Bertz CT molecular complexity index is 19.5. The van der Waals surface area contributed by atoms with E-state index < -0.39 is 0 Å². The van der Waals surface area contributed by atoms with E-state index in [2.05, 4.69) is 17.4 Å². The van der Waals surface area contributed by atoms with Crippen molar-refractivity contribution in [1.82, 2.24) is 0 Å². The normalized spacial score (nSPS) is 5.17. The monoisotopic (exact) mass is 88.1 g/mol. The van der Waals surface area contributed by atoms with E-state index in [1.807, 2.05) is 6.92 Å². The average molecular weight is 88.2 g/mol. The second kappa shape index (κ2) is 23.0. The molecule has 6 heavy (non-hydrogen) atoms. The molecule has 0 aliphatic rings. The molecule has 0 atom stereocenters. The summed E-state index contributed by atoms with van der Waals surface area (Å²) in [6, 6.07) is 0. The third kappa shape index (κ3) is 63.3. The molecule has 0 radical (unpaired) electrons. The molecular weight excluding hydrogens is 76.1 g/mol. The summed E-state index contributed by atoms with van der Waals surface area (Å²) < 4.78 is 0. The third-order valence-corrected chi connectivity index (χ3v) is 0.224. The lowest BCUT2D eigenvalue weighted by atomic mass is 10.8. The molecule has 0 saturated carbocycles. The molecule has 0 aliphatic carbocycles. The van der Waals surface area contributed by atoms with Gasteiger partial charge in [0.15, 0.2) is 0 Å². The maximum absolute atomic E-state index is 4.50. The summed E-state index contributed by atoms with van der Waals surface area (Å²) in [6.07, 6.45) is 0. The van der Waals surface area contributed by atoms with Gasteiger partial charge < -0.3 is 10.7 Å². The first-order valence-electron chi connectivity index (χ1n) is 1.92. The fourth-order valence-electron chi connectivity index (χ4n) is 0. The number of hydrogen-bond donors (Lipinski definition) is 1. The molecular formula is C4H12N2. The fourth-order valence-corrected chi connectivity index (χ4v) is 0. The van der Waals surface area contributed by atoms with Crippen LogP contribution in [0.4, 0.5) is 0 Å². The van der Waals surface area contributed by atoms with Crippen molar-refractivity contribution in [3.8, 4) is 0 Å². The molecule has 0 aromatic carbocycles. The Hall–Kier alpha value is -0.370. The van der Waals surface area contributed by atoms with Crippen LogP contribution in [-0.2, 0) is 0 Å². The number of nitrogens with zero attached hydrogens (tertiary/aromatic N) is 1. The molecule has 0 aliphatic heterocycles. The average Bonchev–Trinajstić information content (AvgIpc) is 1.72. The van der Waals surface area contributed by atoms with Crippen LogP contribution in [0.15, 0.2) is 4.99 Å². The number of hydrogen-bond acceptors (Lipinski definition) is 2. The molecule has 0 aromatic rings. The molecule has 0 rings (SSSR count). The Balaban J connectivity index is 0. The summed E-state index contributed by atoms with van der Waals surface area (Å²) in [5.74, 6) is 0. The molecule has 0 unspecified atom stereocenters. The zero-order valence-corrected chi connectivity index (χ0v) is 4.44. The molecule has 2 N–H and O–H groups in total. The highest BCUT2D eigenvalue weighted by Crippen LogP contribution is 1.50. The first-order valence-corrected chi connectivity index (χ1v) is 1.92. The predicted molar refractivity (Wildman–Crippen MR) is 30.2 cm³/mol. The zero-order valence-electron chi connectivity index (χ0n) is 4.44. The molecule has 0 fully saturated rings. The zero-order chi connectivity index (χ0) is 5.41. The van der Waals surface area contributed by atoms with Gasteiger partial charge in [-0.1, -0.05) is 0 Å². The summed E-state index contributed by atoms with van der Waals surface area (Å²) in [6.45, 7) is 6.01. The molecule has 0 amide bonds. The first kappa shape index (κ1) is 9.16. The Morgan fingerprint density at radius 1 is 1.67 bits per heavy atom. The second-order valence-electron chi connectivity index (χ2n) is 0.540. The lowest BCUT2D eigenvalue weighted by Gasteiger charge is -1.61. The van der Waals surface area contributed by atoms with Crippen molar-refractivity contribution in [3.63, 3.8) is 0 Å². The topological polar surface area (TPSA) is 38.4 Å². The van der Waals surface area contributed by atoms with Gasteiger partial charge in [0.05, 0.1) is 0 Å². The summed E-state index contributed by atoms with van der Waals surface area (Å²) in [4.78, 5) is 3.49. The van der Waals surface area contributed by atoms with Gasteiger partial charge in [-0.15, -0.1) is 0 Å². The first-order chi connectivity index (χ1) is 2.91. The van der Waals surface area contributed by atoms with Gasteiger partial charge in [0.25, 0.3) is 0 Å². The molecule has 38 valence electrons. The summed E-state index contributed by atoms with van der Waals surface area (Å²) >= 11 is 0. The van der Waals surface area contributed by atoms with Crippen molar-refractivity contribution in [1.29, 1.82) is 0 Å². The van der Waals surface area contributed by atoms with E-state index in [0.717, 1.165) is 6.54 Å². The third-order valence-electron chi connectivity index (χ3n) is 0.224. The van der Waals surface area contributed by atoms with Crippen LogP contribution in [0.25, 0.3) is 0 Å². The van der Waals surface area contributed by atoms with Crippen LogP contribution in [-0.4, -0.2) is 20.3 Å². The van der Waals surface area contributed by atoms with Crippen LogP contribution in [0.5, 0.6) is 0 Å². The maximum atomic E-state index is 4.50. The molecule has 2 heteroatoms. The number of nitrogens with two attached hydrogens (primary N) is 1. The van der Waals surface area contributed by atoms with E-state index in [1.54, 1.807) is 0 Å². The van der Waals surface area contributed by atoms with Crippen molar-refractivity contribution in [2.24, 2.45) is 10.7 Å². The summed E-state index contributed by atoms with van der Waals surface area (Å²) in [7, 11) is 1.50. The maximum Gasteiger partial charge on any atom is 0.0353 e. The van der Waals surface area contributed by atoms with E-state index >= 15 is 0 Å². The Morgan fingerprint density at radius 2 is 1.83 bits per heavy atom. The highest BCUT2D eigenvalue weighted by Gasteiger charge is 1.43. The van der Waals surface area contributed by atoms with Crippen molar-refractivity contribution in [2.75, 3.05) is 13.6 Å². The van der Waals surface area contributed by atoms with Crippen molar-refractivity contribution >= 4 is 6.72 Å². The van der Waals surface area contributed by atoms with E-state index in [9.17, 15) is 0 Å². The van der Waals surface area contributed by atoms with E-state index in [4.69, 9.17) is 0 Å². The van der Waals surface area contributed by atoms with Gasteiger partial charge >= 0.3 is 0 Å². The lowest BCUT2D eigenvalue weighted by Crippen LogP contribution is -1.69. The van der Waals surface area contributed by atoms with E-state index in [-0.39, 0.29) is 0 Å².